The first-order valence-corrected chi connectivity index (χ1v) is 11.9. The lowest BCUT2D eigenvalue weighted by molar-refractivity contribution is -0.121. The van der Waals surface area contributed by atoms with Crippen LogP contribution in [-0.2, 0) is 17.9 Å². The zero-order valence-electron chi connectivity index (χ0n) is 19.3. The average Bonchev–Trinajstić information content (AvgIpc) is 3.52. The maximum atomic E-state index is 13.1. The van der Waals surface area contributed by atoms with E-state index in [9.17, 15) is 4.79 Å². The van der Waals surface area contributed by atoms with Crippen LogP contribution >= 0.6 is 11.8 Å². The number of rotatable bonds is 10. The number of hydrogen-bond donors (Lipinski definition) is 1. The van der Waals surface area contributed by atoms with E-state index >= 15 is 0 Å². The molecule has 0 saturated heterocycles. The predicted molar refractivity (Wildman–Crippen MR) is 130 cm³/mol. The summed E-state index contributed by atoms with van der Waals surface area (Å²) in [5.41, 5.74) is 1.82. The molecular formula is C25H27N5O3S. The van der Waals surface area contributed by atoms with Gasteiger partial charge in [0.25, 0.3) is 0 Å². The molecule has 0 saturated carbocycles. The molecule has 3 aromatic heterocycles. The van der Waals surface area contributed by atoms with Crippen molar-refractivity contribution in [1.82, 2.24) is 25.1 Å². The quantitative estimate of drug-likeness (QED) is 0.338. The number of furan rings is 1. The average molecular weight is 478 g/mol. The minimum atomic E-state index is -0.352. The first kappa shape index (κ1) is 23.6. The van der Waals surface area contributed by atoms with Crippen molar-refractivity contribution in [3.63, 3.8) is 0 Å². The number of aromatic nitrogens is 4. The molecule has 176 valence electrons. The topological polar surface area (TPSA) is 95.1 Å². The fraction of sp³-hybridized carbons (Fsp3) is 0.280. The van der Waals surface area contributed by atoms with Crippen LogP contribution in [0, 0.1) is 5.92 Å². The molecule has 1 amide bonds. The highest BCUT2D eigenvalue weighted by Gasteiger charge is 2.27. The summed E-state index contributed by atoms with van der Waals surface area (Å²) in [6.07, 6.45) is 5.10. The lowest BCUT2D eigenvalue weighted by Crippen LogP contribution is -2.35. The number of pyridine rings is 1. The van der Waals surface area contributed by atoms with Gasteiger partial charge in [0.05, 0.1) is 25.2 Å². The molecule has 1 N–H and O–H groups in total. The zero-order valence-corrected chi connectivity index (χ0v) is 20.2. The molecule has 0 radical (unpaired) electrons. The molecule has 0 spiro atoms. The molecule has 8 nitrogen and oxygen atoms in total. The van der Waals surface area contributed by atoms with E-state index in [0.717, 1.165) is 22.6 Å². The monoisotopic (exact) mass is 477 g/mol. The van der Waals surface area contributed by atoms with Crippen LogP contribution in [0.15, 0.2) is 76.8 Å². The summed E-state index contributed by atoms with van der Waals surface area (Å²) in [4.78, 5) is 17.2. The number of carbonyl (C=O) groups is 1. The normalized spacial score (nSPS) is 12.0. The number of hydrogen-bond acceptors (Lipinski definition) is 7. The molecule has 1 aromatic carbocycles. The van der Waals surface area contributed by atoms with E-state index in [1.54, 1.807) is 25.8 Å². The molecule has 0 fully saturated rings. The standard InChI is InChI=1S/C25H27N5O3S/c1-17(2)22(24(31)27-15-18-7-5-11-26-14-18)34-25-29-28-23(19-8-4-9-20(13-19)32-3)30(25)16-21-10-6-12-33-21/h4-14,17,22H,15-16H2,1-3H3,(H,27,31). The van der Waals surface area contributed by atoms with Gasteiger partial charge in [0, 0.05) is 24.5 Å². The van der Waals surface area contributed by atoms with Crippen LogP contribution in [0.3, 0.4) is 0 Å². The highest BCUT2D eigenvalue weighted by molar-refractivity contribution is 8.00. The van der Waals surface area contributed by atoms with Crippen molar-refractivity contribution < 1.29 is 13.9 Å². The second-order valence-corrected chi connectivity index (χ2v) is 9.17. The minimum absolute atomic E-state index is 0.0562. The van der Waals surface area contributed by atoms with Crippen molar-refractivity contribution >= 4 is 17.7 Å². The Morgan fingerprint density at radius 2 is 2.06 bits per heavy atom. The van der Waals surface area contributed by atoms with E-state index in [4.69, 9.17) is 9.15 Å². The number of amides is 1. The third-order valence-corrected chi connectivity index (χ3v) is 6.75. The van der Waals surface area contributed by atoms with Gasteiger partial charge in [0.15, 0.2) is 11.0 Å². The van der Waals surface area contributed by atoms with Gasteiger partial charge in [-0.1, -0.05) is 43.8 Å². The van der Waals surface area contributed by atoms with Gasteiger partial charge in [-0.25, -0.2) is 0 Å². The Kier molecular flexibility index (Phi) is 7.64. The van der Waals surface area contributed by atoms with Gasteiger partial charge in [-0.3, -0.25) is 14.3 Å². The third-order valence-electron chi connectivity index (χ3n) is 5.22. The van der Waals surface area contributed by atoms with E-state index in [-0.39, 0.29) is 17.1 Å². The van der Waals surface area contributed by atoms with Gasteiger partial charge in [-0.2, -0.15) is 0 Å². The summed E-state index contributed by atoms with van der Waals surface area (Å²) in [6, 6.07) is 15.2. The maximum absolute atomic E-state index is 13.1. The molecule has 0 aliphatic rings. The first-order chi connectivity index (χ1) is 16.5. The summed E-state index contributed by atoms with van der Waals surface area (Å²) in [5.74, 6) is 2.20. The molecule has 1 atom stereocenters. The fourth-order valence-electron chi connectivity index (χ4n) is 3.45. The number of carbonyl (C=O) groups excluding carboxylic acids is 1. The maximum Gasteiger partial charge on any atom is 0.234 e. The van der Waals surface area contributed by atoms with E-state index in [2.05, 4.69) is 20.5 Å². The number of ether oxygens (including phenoxy) is 1. The summed E-state index contributed by atoms with van der Waals surface area (Å²) in [6.45, 7) is 4.91. The van der Waals surface area contributed by atoms with Crippen molar-refractivity contribution in [3.8, 4) is 17.1 Å². The van der Waals surface area contributed by atoms with Gasteiger partial charge in [0.1, 0.15) is 11.5 Å². The third kappa shape index (κ3) is 5.66. The van der Waals surface area contributed by atoms with Gasteiger partial charge in [0.2, 0.25) is 5.91 Å². The van der Waals surface area contributed by atoms with Crippen LogP contribution < -0.4 is 10.1 Å². The van der Waals surface area contributed by atoms with Crippen LogP contribution in [-0.4, -0.2) is 38.0 Å². The molecular weight excluding hydrogens is 450 g/mol. The van der Waals surface area contributed by atoms with Crippen molar-refractivity contribution in [1.29, 1.82) is 0 Å². The van der Waals surface area contributed by atoms with E-state index in [0.29, 0.717) is 24.1 Å². The Bertz CT molecular complexity index is 1210. The zero-order chi connectivity index (χ0) is 23.9. The number of nitrogens with one attached hydrogen (secondary N) is 1. The highest BCUT2D eigenvalue weighted by Crippen LogP contribution is 2.32. The molecule has 4 rings (SSSR count). The van der Waals surface area contributed by atoms with Crippen LogP contribution in [0.25, 0.3) is 11.4 Å². The number of benzene rings is 1. The van der Waals surface area contributed by atoms with Crippen LogP contribution in [0.5, 0.6) is 5.75 Å². The first-order valence-electron chi connectivity index (χ1n) is 11.0. The van der Waals surface area contributed by atoms with Gasteiger partial charge < -0.3 is 14.5 Å². The summed E-state index contributed by atoms with van der Waals surface area (Å²) >= 11 is 1.40. The number of methoxy groups -OCH3 is 1. The number of nitrogens with zero attached hydrogens (tertiary/aromatic N) is 4. The second kappa shape index (κ2) is 11.0. The predicted octanol–water partition coefficient (Wildman–Crippen LogP) is 4.42. The molecule has 9 heteroatoms. The van der Waals surface area contributed by atoms with Crippen LogP contribution in [0.4, 0.5) is 0 Å². The highest BCUT2D eigenvalue weighted by atomic mass is 32.2. The Balaban J connectivity index is 1.60. The minimum Gasteiger partial charge on any atom is -0.497 e. The van der Waals surface area contributed by atoms with Gasteiger partial charge >= 0.3 is 0 Å². The van der Waals surface area contributed by atoms with Crippen molar-refractivity contribution in [2.45, 2.75) is 37.3 Å². The molecule has 34 heavy (non-hydrogen) atoms. The van der Waals surface area contributed by atoms with Crippen LogP contribution in [0.2, 0.25) is 0 Å². The Hall–Kier alpha value is -3.59. The summed E-state index contributed by atoms with van der Waals surface area (Å²) < 4.78 is 12.9. The Morgan fingerprint density at radius 1 is 1.18 bits per heavy atom. The second-order valence-electron chi connectivity index (χ2n) is 8.07. The van der Waals surface area contributed by atoms with Crippen molar-refractivity contribution in [2.75, 3.05) is 7.11 Å². The van der Waals surface area contributed by atoms with Gasteiger partial charge in [-0.15, -0.1) is 10.2 Å². The molecule has 0 aliphatic carbocycles. The lowest BCUT2D eigenvalue weighted by atomic mass is 10.1. The lowest BCUT2D eigenvalue weighted by Gasteiger charge is -2.20. The summed E-state index contributed by atoms with van der Waals surface area (Å²) in [7, 11) is 1.63. The number of thioether (sulfide) groups is 1. The summed E-state index contributed by atoms with van der Waals surface area (Å²) in [5, 5.41) is 12.2. The fourth-order valence-corrected chi connectivity index (χ4v) is 4.51. The van der Waals surface area contributed by atoms with E-state index in [1.807, 2.05) is 66.9 Å². The van der Waals surface area contributed by atoms with Gasteiger partial charge in [-0.05, 0) is 41.8 Å². The van der Waals surface area contributed by atoms with E-state index in [1.165, 1.54) is 11.8 Å². The van der Waals surface area contributed by atoms with E-state index < -0.39 is 0 Å². The van der Waals surface area contributed by atoms with Crippen molar-refractivity contribution in [3.05, 3.63) is 78.5 Å². The molecule has 3 heterocycles. The van der Waals surface area contributed by atoms with Crippen molar-refractivity contribution in [2.24, 2.45) is 5.92 Å². The Morgan fingerprint density at radius 3 is 2.76 bits per heavy atom. The molecule has 0 bridgehead atoms. The van der Waals surface area contributed by atoms with Crippen LogP contribution in [0.1, 0.15) is 25.2 Å². The Labute approximate surface area is 202 Å². The SMILES string of the molecule is COc1cccc(-c2nnc(SC(C(=O)NCc3cccnc3)C(C)C)n2Cc2ccco2)c1. The largest absolute Gasteiger partial charge is 0.497 e. The molecule has 1 unspecified atom stereocenters. The molecule has 0 aliphatic heterocycles. The smallest absolute Gasteiger partial charge is 0.234 e. The molecule has 4 aromatic rings.